The zero-order valence-corrected chi connectivity index (χ0v) is 24.6. The lowest BCUT2D eigenvalue weighted by atomic mass is 9.82. The van der Waals surface area contributed by atoms with Crippen LogP contribution in [0.25, 0.3) is 10.9 Å². The van der Waals surface area contributed by atoms with Crippen molar-refractivity contribution < 1.29 is 24.3 Å². The molecule has 3 fully saturated rings. The maximum atomic E-state index is 13.8. The van der Waals surface area contributed by atoms with E-state index >= 15 is 0 Å². The number of carboxylic acid groups (broad SMARTS) is 1. The van der Waals surface area contributed by atoms with E-state index in [4.69, 9.17) is 0 Å². The Bertz CT molecular complexity index is 1750. The number of thioether (sulfide) groups is 1. The van der Waals surface area contributed by atoms with E-state index in [0.29, 0.717) is 16.9 Å². The van der Waals surface area contributed by atoms with Crippen LogP contribution in [-0.2, 0) is 14.4 Å². The minimum Gasteiger partial charge on any atom is -0.480 e. The molecule has 43 heavy (non-hydrogen) atoms. The Morgan fingerprint density at radius 1 is 1.02 bits per heavy atom. The van der Waals surface area contributed by atoms with E-state index in [0.717, 1.165) is 36.8 Å². The van der Waals surface area contributed by atoms with Crippen molar-refractivity contribution in [3.8, 4) is 0 Å². The van der Waals surface area contributed by atoms with E-state index in [9.17, 15) is 29.1 Å². The number of rotatable bonds is 6. The fourth-order valence-electron chi connectivity index (χ4n) is 7.51. The number of para-hydroxylation sites is 1. The number of carbonyl (C=O) groups excluding carboxylic acids is 3. The lowest BCUT2D eigenvalue weighted by Crippen LogP contribution is -2.71. The Morgan fingerprint density at radius 2 is 1.77 bits per heavy atom. The highest BCUT2D eigenvalue weighted by Crippen LogP contribution is 2.51. The second-order valence-electron chi connectivity index (χ2n) is 12.4. The predicted octanol–water partition coefficient (Wildman–Crippen LogP) is 3.32. The molecule has 0 radical (unpaired) electrons. The molecule has 0 bridgehead atoms. The van der Waals surface area contributed by atoms with Crippen LogP contribution in [0.5, 0.6) is 0 Å². The van der Waals surface area contributed by atoms with Crippen molar-refractivity contribution in [3.05, 3.63) is 81.6 Å². The average Bonchev–Trinajstić information content (AvgIpc) is 3.46. The van der Waals surface area contributed by atoms with Crippen molar-refractivity contribution in [2.75, 3.05) is 0 Å². The van der Waals surface area contributed by atoms with E-state index in [-0.39, 0.29) is 17.0 Å². The number of fused-ring (bicyclic) bond motifs is 4. The highest BCUT2D eigenvalue weighted by Gasteiger charge is 2.64. The van der Waals surface area contributed by atoms with Gasteiger partial charge in [0.25, 0.3) is 5.91 Å². The van der Waals surface area contributed by atoms with Crippen molar-refractivity contribution in [3.63, 3.8) is 0 Å². The van der Waals surface area contributed by atoms with Gasteiger partial charge in [0.1, 0.15) is 29.1 Å². The summed E-state index contributed by atoms with van der Waals surface area (Å²) in [7, 11) is 0. The van der Waals surface area contributed by atoms with Crippen LogP contribution in [0.1, 0.15) is 79.0 Å². The number of carbonyl (C=O) groups is 4. The molecule has 2 saturated heterocycles. The number of hydrogen-bond acceptors (Lipinski definition) is 6. The van der Waals surface area contributed by atoms with Gasteiger partial charge in [-0.25, -0.2) is 4.79 Å². The molecular formula is C32H32N4O6S. The maximum absolute atomic E-state index is 13.8. The molecule has 6 atom stereocenters. The fourth-order valence-corrected chi connectivity index (χ4v) is 9.13. The molecular weight excluding hydrogens is 568 g/mol. The Balaban J connectivity index is 1.18. The number of pyridine rings is 1. The summed E-state index contributed by atoms with van der Waals surface area (Å²) < 4.78 is 1.34. The number of hydrogen-bond donors (Lipinski definition) is 3. The molecule has 1 saturated carbocycles. The number of benzene rings is 2. The second kappa shape index (κ2) is 9.97. The van der Waals surface area contributed by atoms with E-state index in [1.54, 1.807) is 56.4 Å². The van der Waals surface area contributed by atoms with Gasteiger partial charge in [-0.05, 0) is 43.9 Å². The molecule has 222 valence electrons. The number of carboxylic acids is 1. The van der Waals surface area contributed by atoms with Gasteiger partial charge in [0.2, 0.25) is 17.2 Å². The van der Waals surface area contributed by atoms with Crippen LogP contribution in [0.15, 0.2) is 59.5 Å². The zero-order valence-electron chi connectivity index (χ0n) is 23.8. The molecule has 3 amide bonds. The third kappa shape index (κ3) is 4.19. The SMILES string of the molecule is CC1(C)SC2C(NC(=O)C(NC(=O)c3cn4c5c(cccc5c3=O)C3CCCCC34)c3ccccc3)C(=O)N2C1C(=O)O. The first-order valence-corrected chi connectivity index (χ1v) is 15.5. The first kappa shape index (κ1) is 27.7. The van der Waals surface area contributed by atoms with Crippen LogP contribution in [0.4, 0.5) is 0 Å². The minimum absolute atomic E-state index is 0.0344. The number of nitrogens with zero attached hydrogens (tertiary/aromatic N) is 2. The predicted molar refractivity (Wildman–Crippen MR) is 161 cm³/mol. The molecule has 11 heteroatoms. The monoisotopic (exact) mass is 600 g/mol. The number of aliphatic carboxylic acids is 1. The minimum atomic E-state index is -1.19. The molecule has 3 aliphatic heterocycles. The molecule has 1 aromatic heterocycles. The topological polar surface area (TPSA) is 138 Å². The van der Waals surface area contributed by atoms with Gasteiger partial charge in [-0.3, -0.25) is 19.2 Å². The summed E-state index contributed by atoms with van der Waals surface area (Å²) in [5.41, 5.74) is 2.12. The van der Waals surface area contributed by atoms with E-state index in [2.05, 4.69) is 21.3 Å². The third-order valence-electron chi connectivity index (χ3n) is 9.46. The Labute approximate surface area is 251 Å². The molecule has 0 spiro atoms. The summed E-state index contributed by atoms with van der Waals surface area (Å²) in [6.45, 7) is 3.53. The van der Waals surface area contributed by atoms with Crippen LogP contribution in [0, 0.1) is 0 Å². The molecule has 6 unspecified atom stereocenters. The second-order valence-corrected chi connectivity index (χ2v) is 14.2. The highest BCUT2D eigenvalue weighted by molar-refractivity contribution is 8.01. The first-order valence-electron chi connectivity index (χ1n) is 14.7. The Hall–Kier alpha value is -4.12. The van der Waals surface area contributed by atoms with E-state index in [1.165, 1.54) is 16.7 Å². The molecule has 7 rings (SSSR count). The van der Waals surface area contributed by atoms with E-state index in [1.807, 2.05) is 6.07 Å². The molecule has 10 nitrogen and oxygen atoms in total. The summed E-state index contributed by atoms with van der Waals surface area (Å²) >= 11 is 1.33. The number of amides is 3. The van der Waals surface area contributed by atoms with Crippen LogP contribution in [-0.4, -0.2) is 60.5 Å². The zero-order chi connectivity index (χ0) is 30.2. The average molecular weight is 601 g/mol. The van der Waals surface area contributed by atoms with Gasteiger partial charge in [0, 0.05) is 28.3 Å². The first-order chi connectivity index (χ1) is 20.6. The summed E-state index contributed by atoms with van der Waals surface area (Å²) in [6.07, 6.45) is 5.88. The van der Waals surface area contributed by atoms with E-state index < -0.39 is 51.9 Å². The van der Waals surface area contributed by atoms with Gasteiger partial charge >= 0.3 is 5.97 Å². The van der Waals surface area contributed by atoms with Gasteiger partial charge in [-0.2, -0.15) is 0 Å². The summed E-state index contributed by atoms with van der Waals surface area (Å²) in [5.74, 6) is -2.54. The summed E-state index contributed by atoms with van der Waals surface area (Å²) in [6, 6.07) is 11.4. The largest absolute Gasteiger partial charge is 0.480 e. The van der Waals surface area contributed by atoms with Crippen LogP contribution < -0.4 is 16.1 Å². The quantitative estimate of drug-likeness (QED) is 0.369. The Morgan fingerprint density at radius 3 is 2.51 bits per heavy atom. The molecule has 2 aromatic carbocycles. The van der Waals surface area contributed by atoms with Crippen molar-refractivity contribution in [1.82, 2.24) is 20.1 Å². The van der Waals surface area contributed by atoms with Gasteiger partial charge in [-0.1, -0.05) is 55.3 Å². The number of nitrogens with one attached hydrogen (secondary N) is 2. The third-order valence-corrected chi connectivity index (χ3v) is 11.0. The van der Waals surface area contributed by atoms with Crippen molar-refractivity contribution in [2.24, 2.45) is 0 Å². The van der Waals surface area contributed by atoms with Crippen molar-refractivity contribution in [2.45, 2.75) is 79.7 Å². The smallest absolute Gasteiger partial charge is 0.327 e. The van der Waals surface area contributed by atoms with Gasteiger partial charge in [0.15, 0.2) is 0 Å². The lowest BCUT2D eigenvalue weighted by Gasteiger charge is -2.44. The van der Waals surface area contributed by atoms with Crippen LogP contribution >= 0.6 is 11.8 Å². The highest BCUT2D eigenvalue weighted by atomic mass is 32.2. The van der Waals surface area contributed by atoms with Crippen LogP contribution in [0.2, 0.25) is 0 Å². The Kier molecular flexibility index (Phi) is 6.42. The lowest BCUT2D eigenvalue weighted by molar-refractivity contribution is -0.161. The van der Waals surface area contributed by atoms with Gasteiger partial charge in [0.05, 0.1) is 5.52 Å². The standard InChI is InChI=1S/C32H32N4O6S/c1-32(2)26(31(41)42)36-29(40)23(30(36)43-32)34-28(39)22(16-9-4-3-5-10-16)33-27(38)20-15-35-21-14-7-6-11-17(21)18-12-8-13-19(24(18)35)25(20)37/h3-5,8-10,12-13,15,17,21-23,26,30H,6-7,11,14H2,1-2H3,(H,33,38)(H,34,39)(H,41,42). The normalized spacial score (nSPS) is 27.2. The summed E-state index contributed by atoms with van der Waals surface area (Å²) in [5, 5.41) is 15.2. The molecule has 4 aliphatic rings. The maximum Gasteiger partial charge on any atom is 0.327 e. The fraction of sp³-hybridized carbons (Fsp3) is 0.406. The molecule has 4 heterocycles. The molecule has 3 N–H and O–H groups in total. The van der Waals surface area contributed by atoms with Gasteiger partial charge < -0.3 is 25.2 Å². The molecule has 3 aromatic rings. The van der Waals surface area contributed by atoms with Crippen molar-refractivity contribution >= 4 is 46.4 Å². The van der Waals surface area contributed by atoms with Gasteiger partial charge in [-0.15, -0.1) is 11.8 Å². The summed E-state index contributed by atoms with van der Waals surface area (Å²) in [4.78, 5) is 67.5. The van der Waals surface area contributed by atoms with Crippen LogP contribution in [0.3, 0.4) is 0 Å². The number of aromatic nitrogens is 1. The van der Waals surface area contributed by atoms with Crippen molar-refractivity contribution in [1.29, 1.82) is 0 Å². The molecule has 1 aliphatic carbocycles. The number of β-lactam (4-membered cyclic amide) rings is 1.